The molecule has 5 nitrogen and oxygen atoms in total. The molecule has 0 saturated carbocycles. The number of rotatable bonds is 8. The Kier molecular flexibility index (Phi) is 6.82. The summed E-state index contributed by atoms with van der Waals surface area (Å²) in [6, 6.07) is 11.3. The first-order valence-electron chi connectivity index (χ1n) is 7.49. The number of halogens is 3. The maximum absolute atomic E-state index is 12.2. The van der Waals surface area contributed by atoms with E-state index in [9.17, 15) is 13.6 Å². The van der Waals surface area contributed by atoms with Crippen molar-refractivity contribution >= 4 is 28.9 Å². The molecule has 0 radical (unpaired) electrons. The van der Waals surface area contributed by atoms with E-state index in [1.807, 2.05) is 13.0 Å². The van der Waals surface area contributed by atoms with Gasteiger partial charge < -0.3 is 20.1 Å². The molecule has 25 heavy (non-hydrogen) atoms. The summed E-state index contributed by atoms with van der Waals surface area (Å²) >= 11 is 5.86. The summed E-state index contributed by atoms with van der Waals surface area (Å²) in [5.74, 6) is 0.156. The summed E-state index contributed by atoms with van der Waals surface area (Å²) in [5.41, 5.74) is 1.06. The van der Waals surface area contributed by atoms with E-state index in [4.69, 9.17) is 16.3 Å². The molecule has 0 saturated heterocycles. The number of hydrogen-bond acceptors (Lipinski definition) is 4. The van der Waals surface area contributed by atoms with Gasteiger partial charge in [0, 0.05) is 5.69 Å². The van der Waals surface area contributed by atoms with Gasteiger partial charge in [0.25, 0.3) is 0 Å². The molecule has 8 heteroatoms. The summed E-state index contributed by atoms with van der Waals surface area (Å²) in [5, 5.41) is 5.61. The van der Waals surface area contributed by atoms with E-state index < -0.39 is 6.61 Å². The standard InChI is InChI=1S/C17H17ClF2N2O3/c1-2-24-15-6-4-3-5-13(15)22-16(23)10-21-11-7-8-14(12(18)9-11)25-17(19)20/h3-9,17,21H,2,10H2,1H3,(H,22,23). The van der Waals surface area contributed by atoms with Gasteiger partial charge in [-0.15, -0.1) is 0 Å². The highest BCUT2D eigenvalue weighted by Gasteiger charge is 2.10. The fraction of sp³-hybridized carbons (Fsp3) is 0.235. The summed E-state index contributed by atoms with van der Waals surface area (Å²) in [6.07, 6.45) is 0. The van der Waals surface area contributed by atoms with Crippen LogP contribution in [-0.2, 0) is 4.79 Å². The number of carbonyl (C=O) groups excluding carboxylic acids is 1. The lowest BCUT2D eigenvalue weighted by atomic mass is 10.3. The maximum atomic E-state index is 12.2. The van der Waals surface area contributed by atoms with Gasteiger partial charge >= 0.3 is 6.61 Å². The second-order valence-electron chi connectivity index (χ2n) is 4.85. The van der Waals surface area contributed by atoms with Crippen LogP contribution in [0.3, 0.4) is 0 Å². The van der Waals surface area contributed by atoms with E-state index in [1.165, 1.54) is 18.2 Å². The number of hydrogen-bond donors (Lipinski definition) is 2. The van der Waals surface area contributed by atoms with Gasteiger partial charge in [0.1, 0.15) is 11.5 Å². The lowest BCUT2D eigenvalue weighted by molar-refractivity contribution is -0.114. The lowest BCUT2D eigenvalue weighted by Crippen LogP contribution is -2.22. The smallest absolute Gasteiger partial charge is 0.387 e. The van der Waals surface area contributed by atoms with Crippen molar-refractivity contribution in [3.05, 3.63) is 47.5 Å². The zero-order valence-corrected chi connectivity index (χ0v) is 14.1. The summed E-state index contributed by atoms with van der Waals surface area (Å²) in [7, 11) is 0. The van der Waals surface area contributed by atoms with Crippen LogP contribution in [0.25, 0.3) is 0 Å². The van der Waals surface area contributed by atoms with Gasteiger partial charge in [-0.05, 0) is 37.3 Å². The van der Waals surface area contributed by atoms with Gasteiger partial charge in [-0.1, -0.05) is 23.7 Å². The van der Waals surface area contributed by atoms with Crippen LogP contribution >= 0.6 is 11.6 Å². The van der Waals surface area contributed by atoms with Gasteiger partial charge in [-0.25, -0.2) is 0 Å². The Bertz CT molecular complexity index is 729. The third-order valence-corrected chi connectivity index (χ3v) is 3.36. The normalized spacial score (nSPS) is 10.4. The van der Waals surface area contributed by atoms with Gasteiger partial charge in [0.15, 0.2) is 0 Å². The second kappa shape index (κ2) is 9.08. The van der Waals surface area contributed by atoms with Crippen molar-refractivity contribution in [2.45, 2.75) is 13.5 Å². The minimum absolute atomic E-state index is 0.0207. The summed E-state index contributed by atoms with van der Waals surface area (Å²) in [6.45, 7) is -0.652. The number of ether oxygens (including phenoxy) is 2. The number of carbonyl (C=O) groups is 1. The zero-order chi connectivity index (χ0) is 18.2. The Morgan fingerprint density at radius 1 is 1.20 bits per heavy atom. The molecule has 0 aromatic heterocycles. The van der Waals surface area contributed by atoms with Crippen molar-refractivity contribution in [3.63, 3.8) is 0 Å². The van der Waals surface area contributed by atoms with E-state index in [-0.39, 0.29) is 23.2 Å². The van der Waals surface area contributed by atoms with Gasteiger partial charge in [-0.2, -0.15) is 8.78 Å². The van der Waals surface area contributed by atoms with Crippen LogP contribution < -0.4 is 20.1 Å². The van der Waals surface area contributed by atoms with Crippen LogP contribution in [0, 0.1) is 0 Å². The van der Waals surface area contributed by atoms with E-state index in [0.29, 0.717) is 23.7 Å². The number of alkyl halides is 2. The number of amides is 1. The molecule has 0 spiro atoms. The van der Waals surface area contributed by atoms with E-state index in [1.54, 1.807) is 18.2 Å². The Balaban J connectivity index is 1.93. The fourth-order valence-electron chi connectivity index (χ4n) is 2.03. The Hall–Kier alpha value is -2.54. The van der Waals surface area contributed by atoms with Crippen LogP contribution in [0.2, 0.25) is 5.02 Å². The number of nitrogens with one attached hydrogen (secondary N) is 2. The van der Waals surface area contributed by atoms with E-state index in [2.05, 4.69) is 15.4 Å². The van der Waals surface area contributed by atoms with Crippen LogP contribution in [0.4, 0.5) is 20.2 Å². The third kappa shape index (κ3) is 5.79. The molecule has 0 aliphatic rings. The zero-order valence-electron chi connectivity index (χ0n) is 13.4. The van der Waals surface area contributed by atoms with E-state index >= 15 is 0 Å². The fourth-order valence-corrected chi connectivity index (χ4v) is 2.26. The van der Waals surface area contributed by atoms with Crippen LogP contribution in [0.1, 0.15) is 6.92 Å². The van der Waals surface area contributed by atoms with Crippen LogP contribution in [0.5, 0.6) is 11.5 Å². The minimum Gasteiger partial charge on any atom is -0.492 e. The highest BCUT2D eigenvalue weighted by atomic mass is 35.5. The molecule has 2 N–H and O–H groups in total. The molecule has 0 aliphatic heterocycles. The Labute approximate surface area is 148 Å². The highest BCUT2D eigenvalue weighted by Crippen LogP contribution is 2.29. The van der Waals surface area contributed by atoms with Crippen molar-refractivity contribution in [1.29, 1.82) is 0 Å². The first kappa shape index (κ1) is 18.8. The molecule has 0 aliphatic carbocycles. The first-order chi connectivity index (χ1) is 12.0. The predicted molar refractivity (Wildman–Crippen MR) is 92.8 cm³/mol. The molecule has 134 valence electrons. The largest absolute Gasteiger partial charge is 0.492 e. The molecule has 1 amide bonds. The minimum atomic E-state index is -2.95. The molecule has 2 aromatic rings. The molecule has 0 heterocycles. The maximum Gasteiger partial charge on any atom is 0.387 e. The monoisotopic (exact) mass is 370 g/mol. The molecular weight excluding hydrogens is 354 g/mol. The Morgan fingerprint density at radius 3 is 2.64 bits per heavy atom. The van der Waals surface area contributed by atoms with Gasteiger partial charge in [-0.3, -0.25) is 4.79 Å². The number of benzene rings is 2. The van der Waals surface area contributed by atoms with Crippen molar-refractivity contribution in [2.75, 3.05) is 23.8 Å². The first-order valence-corrected chi connectivity index (χ1v) is 7.87. The molecule has 0 atom stereocenters. The molecule has 2 aromatic carbocycles. The average Bonchev–Trinajstić information content (AvgIpc) is 2.57. The van der Waals surface area contributed by atoms with Crippen molar-refractivity contribution < 1.29 is 23.0 Å². The second-order valence-corrected chi connectivity index (χ2v) is 5.26. The highest BCUT2D eigenvalue weighted by molar-refractivity contribution is 6.32. The van der Waals surface area contributed by atoms with Gasteiger partial charge in [0.2, 0.25) is 5.91 Å². The van der Waals surface area contributed by atoms with Crippen molar-refractivity contribution in [2.24, 2.45) is 0 Å². The third-order valence-electron chi connectivity index (χ3n) is 3.06. The molecule has 0 fully saturated rings. The lowest BCUT2D eigenvalue weighted by Gasteiger charge is -2.12. The van der Waals surface area contributed by atoms with Gasteiger partial charge in [0.05, 0.1) is 23.9 Å². The molecule has 2 rings (SSSR count). The van der Waals surface area contributed by atoms with Crippen molar-refractivity contribution in [3.8, 4) is 11.5 Å². The number of para-hydroxylation sites is 2. The summed E-state index contributed by atoms with van der Waals surface area (Å²) < 4.78 is 34.1. The van der Waals surface area contributed by atoms with E-state index in [0.717, 1.165) is 0 Å². The summed E-state index contributed by atoms with van der Waals surface area (Å²) in [4.78, 5) is 12.1. The quantitative estimate of drug-likeness (QED) is 0.723. The predicted octanol–water partition coefficient (Wildman–Crippen LogP) is 4.39. The SMILES string of the molecule is CCOc1ccccc1NC(=O)CNc1ccc(OC(F)F)c(Cl)c1. The number of anilines is 2. The molecule has 0 unspecified atom stereocenters. The molecular formula is C17H17ClF2N2O3. The average molecular weight is 371 g/mol. The Morgan fingerprint density at radius 2 is 1.96 bits per heavy atom. The molecule has 0 bridgehead atoms. The topological polar surface area (TPSA) is 59.6 Å². The van der Waals surface area contributed by atoms with Crippen LogP contribution in [0.15, 0.2) is 42.5 Å². The van der Waals surface area contributed by atoms with Crippen LogP contribution in [-0.4, -0.2) is 25.7 Å². The van der Waals surface area contributed by atoms with Crippen molar-refractivity contribution in [1.82, 2.24) is 0 Å².